The van der Waals surface area contributed by atoms with Gasteiger partial charge in [0.1, 0.15) is 11.9 Å². The Morgan fingerprint density at radius 1 is 0.878 bits per heavy atom. The molecular weight excluding hydrogens is 652 g/mol. The average molecular weight is 699 g/mol. The third kappa shape index (κ3) is 7.48. The van der Waals surface area contributed by atoms with E-state index >= 15 is 0 Å². The third-order valence-electron chi connectivity index (χ3n) is 9.34. The maximum atomic E-state index is 14.1. The van der Waals surface area contributed by atoms with E-state index in [4.69, 9.17) is 8.95 Å². The molecule has 0 saturated heterocycles. The molecule has 0 aliphatic rings. The highest BCUT2D eigenvalue weighted by Crippen LogP contribution is 2.44. The van der Waals surface area contributed by atoms with E-state index in [1.54, 1.807) is 12.1 Å². The lowest BCUT2D eigenvalue weighted by molar-refractivity contribution is -0.139. The molecule has 256 valence electrons. The number of hydrogen-bond donors (Lipinski definition) is 1. The second kappa shape index (κ2) is 15.3. The number of fused-ring (bicyclic) bond motifs is 1. The van der Waals surface area contributed by atoms with Crippen molar-refractivity contribution in [3.63, 3.8) is 0 Å². The van der Waals surface area contributed by atoms with Crippen LogP contribution in [0.5, 0.6) is 0 Å². The van der Waals surface area contributed by atoms with Crippen molar-refractivity contribution in [1.29, 1.82) is 0 Å². The van der Waals surface area contributed by atoms with E-state index in [1.165, 1.54) is 19.2 Å². The van der Waals surface area contributed by atoms with Crippen molar-refractivity contribution in [2.75, 3.05) is 7.11 Å². The summed E-state index contributed by atoms with van der Waals surface area (Å²) in [6.45, 7) is 10.7. The number of rotatable bonds is 14. The number of para-hydroxylation sites is 1. The zero-order valence-corrected chi connectivity index (χ0v) is 31.0. The maximum absolute atomic E-state index is 14.1. The average Bonchev–Trinajstić information content (AvgIpc) is 3.41. The Balaban J connectivity index is 1.66. The monoisotopic (exact) mass is 698 g/mol. The summed E-state index contributed by atoms with van der Waals surface area (Å²) in [6.07, 6.45) is -0.443. The van der Waals surface area contributed by atoms with E-state index < -0.39 is 39.1 Å². The summed E-state index contributed by atoms with van der Waals surface area (Å²) in [5.74, 6) is -1.34. The fraction of sp³-hybridized carbons (Fsp3) is 0.325. The molecule has 9 heteroatoms. The molecule has 3 atom stereocenters. The van der Waals surface area contributed by atoms with Gasteiger partial charge in [-0.25, -0.2) is 4.39 Å². The van der Waals surface area contributed by atoms with Crippen LogP contribution >= 0.6 is 8.03 Å². The van der Waals surface area contributed by atoms with Gasteiger partial charge in [0.25, 0.3) is 8.32 Å². The molecule has 1 heterocycles. The molecule has 0 aliphatic heterocycles. The summed E-state index contributed by atoms with van der Waals surface area (Å²) < 4.78 is 43.2. The van der Waals surface area contributed by atoms with E-state index in [0.29, 0.717) is 12.8 Å². The first-order chi connectivity index (χ1) is 23.4. The van der Waals surface area contributed by atoms with Crippen LogP contribution in [0.1, 0.15) is 59.2 Å². The Labute approximate surface area is 290 Å². The van der Waals surface area contributed by atoms with Gasteiger partial charge in [0.2, 0.25) is 5.66 Å². The van der Waals surface area contributed by atoms with Gasteiger partial charge in [-0.3, -0.25) is 4.79 Å². The lowest BCUT2D eigenvalue weighted by Gasteiger charge is -2.45. The number of benzene rings is 4. The predicted molar refractivity (Wildman–Crippen MR) is 199 cm³/mol. The Hall–Kier alpha value is -3.94. The standard InChI is InChI=1S/C40H45FNO5PSi/c1-28(2)42-34-20-14-13-19-33(34)39(29-21-23-30(41)24-22-29)35(42)25-26-37(48(45)46-6)36(27-38(43)44)47-49(40(3,4)5,31-15-9-7-10-16-31)32-17-11-8-12-18-32/h7-24,28,36-37H,25-27H2,1-6H3/p+1. The minimum absolute atomic E-state index is 0.0897. The Bertz CT molecular complexity index is 1850. The van der Waals surface area contributed by atoms with Gasteiger partial charge < -0.3 is 14.1 Å². The van der Waals surface area contributed by atoms with E-state index in [0.717, 1.165) is 38.1 Å². The van der Waals surface area contributed by atoms with Crippen LogP contribution in [0.3, 0.4) is 0 Å². The number of carboxylic acids is 1. The van der Waals surface area contributed by atoms with Crippen molar-refractivity contribution in [2.45, 2.75) is 76.7 Å². The van der Waals surface area contributed by atoms with E-state index in [-0.39, 0.29) is 18.3 Å². The first-order valence-corrected chi connectivity index (χ1v) is 19.9. The fourth-order valence-corrected chi connectivity index (χ4v) is 13.2. The fourth-order valence-electron chi connectivity index (χ4n) is 7.28. The largest absolute Gasteiger partial charge is 0.513 e. The summed E-state index contributed by atoms with van der Waals surface area (Å²) in [6, 6.07) is 34.8. The Morgan fingerprint density at radius 2 is 1.43 bits per heavy atom. The second-order valence-corrected chi connectivity index (χ2v) is 19.7. The molecule has 6 nitrogen and oxygen atoms in total. The minimum atomic E-state index is -3.22. The lowest BCUT2D eigenvalue weighted by atomic mass is 9.98. The Morgan fingerprint density at radius 3 is 1.94 bits per heavy atom. The zero-order valence-electron chi connectivity index (χ0n) is 29.1. The third-order valence-corrected chi connectivity index (χ3v) is 15.9. The van der Waals surface area contributed by atoms with Crippen molar-refractivity contribution < 1.29 is 27.8 Å². The highest BCUT2D eigenvalue weighted by atomic mass is 31.1. The Kier molecular flexibility index (Phi) is 11.3. The molecule has 0 aliphatic carbocycles. The van der Waals surface area contributed by atoms with Crippen molar-refractivity contribution >= 4 is 43.6 Å². The van der Waals surface area contributed by atoms with Crippen molar-refractivity contribution in [3.05, 3.63) is 121 Å². The lowest BCUT2D eigenvalue weighted by Crippen LogP contribution is -2.68. The van der Waals surface area contributed by atoms with Crippen LogP contribution in [-0.2, 0) is 24.7 Å². The summed E-state index contributed by atoms with van der Waals surface area (Å²) in [5.41, 5.74) is 3.18. The smallest absolute Gasteiger partial charge is 0.481 e. The molecule has 0 bridgehead atoms. The van der Waals surface area contributed by atoms with Gasteiger partial charge in [0.15, 0.2) is 0 Å². The first-order valence-electron chi connectivity index (χ1n) is 16.8. The molecule has 0 amide bonds. The van der Waals surface area contributed by atoms with Crippen LogP contribution in [0.25, 0.3) is 22.0 Å². The van der Waals surface area contributed by atoms with Crippen LogP contribution in [0.2, 0.25) is 5.04 Å². The molecule has 5 aromatic rings. The molecule has 3 unspecified atom stereocenters. The molecule has 49 heavy (non-hydrogen) atoms. The molecule has 1 aromatic heterocycles. The molecule has 4 aromatic carbocycles. The van der Waals surface area contributed by atoms with E-state index in [1.807, 2.05) is 48.5 Å². The van der Waals surface area contributed by atoms with Crippen LogP contribution in [0.15, 0.2) is 109 Å². The highest BCUT2D eigenvalue weighted by Gasteiger charge is 2.54. The van der Waals surface area contributed by atoms with Crippen molar-refractivity contribution in [2.24, 2.45) is 0 Å². The summed E-state index contributed by atoms with van der Waals surface area (Å²) in [7, 11) is -4.14. The topological polar surface area (TPSA) is 77.8 Å². The maximum Gasteiger partial charge on any atom is 0.513 e. The predicted octanol–water partition coefficient (Wildman–Crippen LogP) is 9.14. The number of halogens is 1. The van der Waals surface area contributed by atoms with E-state index in [2.05, 4.69) is 75.6 Å². The van der Waals surface area contributed by atoms with Crippen molar-refractivity contribution in [3.8, 4) is 11.1 Å². The molecular formula is C40H46FNO5PSi+. The van der Waals surface area contributed by atoms with Crippen LogP contribution in [-0.4, -0.2) is 42.8 Å². The number of nitrogens with zero attached hydrogens (tertiary/aromatic N) is 1. The van der Waals surface area contributed by atoms with Gasteiger partial charge in [-0.2, -0.15) is 0 Å². The van der Waals surface area contributed by atoms with Crippen LogP contribution in [0.4, 0.5) is 4.39 Å². The number of carboxylic acid groups (broad SMARTS) is 1. The van der Waals surface area contributed by atoms with Crippen molar-refractivity contribution in [1.82, 2.24) is 4.57 Å². The van der Waals surface area contributed by atoms with Gasteiger partial charge in [-0.1, -0.05) is 112 Å². The summed E-state index contributed by atoms with van der Waals surface area (Å²) in [4.78, 5) is 12.6. The first kappa shape index (κ1) is 36.3. The molecule has 0 spiro atoms. The summed E-state index contributed by atoms with van der Waals surface area (Å²) >= 11 is 0. The van der Waals surface area contributed by atoms with Crippen LogP contribution < -0.4 is 10.4 Å². The number of aromatic nitrogens is 1. The number of aliphatic carboxylic acids is 1. The number of hydrogen-bond acceptors (Lipinski definition) is 4. The van der Waals surface area contributed by atoms with Gasteiger partial charge in [0, 0.05) is 34.6 Å². The van der Waals surface area contributed by atoms with E-state index in [9.17, 15) is 18.9 Å². The SMILES string of the molecule is CO[P+](=O)C(CCc1c(-c2ccc(F)cc2)c2ccccc2n1C(C)C)C(CC(=O)O)O[Si](c1ccccc1)(c1ccccc1)C(C)(C)C. The zero-order chi connectivity index (χ0) is 35.3. The second-order valence-electron chi connectivity index (χ2n) is 13.8. The summed E-state index contributed by atoms with van der Waals surface area (Å²) in [5, 5.41) is 12.9. The molecule has 1 N–H and O–H groups in total. The van der Waals surface area contributed by atoms with Gasteiger partial charge >= 0.3 is 14.0 Å². The molecule has 0 radical (unpaired) electrons. The highest BCUT2D eigenvalue weighted by molar-refractivity contribution is 7.40. The van der Waals surface area contributed by atoms with Crippen LogP contribution in [0, 0.1) is 5.82 Å². The van der Waals surface area contributed by atoms with Gasteiger partial charge in [-0.15, -0.1) is 4.52 Å². The molecule has 0 fully saturated rings. The number of carbonyl (C=O) groups is 1. The normalized spacial score (nSPS) is 13.8. The quantitative estimate of drug-likeness (QED) is 0.0925. The molecule has 0 saturated carbocycles. The minimum Gasteiger partial charge on any atom is -0.481 e. The molecule has 5 rings (SSSR count). The van der Waals surface area contributed by atoms with Gasteiger partial charge in [0.05, 0.1) is 13.5 Å². The van der Waals surface area contributed by atoms with Gasteiger partial charge in [-0.05, 0) is 64.0 Å².